The van der Waals surface area contributed by atoms with E-state index in [0.717, 1.165) is 26.1 Å². The highest BCUT2D eigenvalue weighted by molar-refractivity contribution is 5.33. The standard InChI is InChI=1S/C12H17NO.2C2H6/c1-10-2-3-12-9-13(6-7-14)5-4-11(12)8-10;2*1-2/h2-3,8,14H,4-7,9H2,1H3;2*1-2H3. The first kappa shape index (κ1) is 17.1. The lowest BCUT2D eigenvalue weighted by molar-refractivity contribution is 0.184. The van der Waals surface area contributed by atoms with E-state index < -0.39 is 0 Å². The van der Waals surface area contributed by atoms with Crippen LogP contribution in [-0.4, -0.2) is 29.7 Å². The minimum atomic E-state index is 0.265. The molecule has 0 fully saturated rings. The van der Waals surface area contributed by atoms with Crippen molar-refractivity contribution in [3.05, 3.63) is 34.9 Å². The SMILES string of the molecule is CC.CC.Cc1ccc2c(c1)CCN(CCO)C2. The molecule has 0 spiro atoms. The number of rotatable bonds is 2. The van der Waals surface area contributed by atoms with Gasteiger partial charge < -0.3 is 5.11 Å². The topological polar surface area (TPSA) is 23.5 Å². The third kappa shape index (κ3) is 5.19. The lowest BCUT2D eigenvalue weighted by atomic mass is 9.98. The normalized spacial score (nSPS) is 13.7. The van der Waals surface area contributed by atoms with Crippen molar-refractivity contribution in [1.82, 2.24) is 4.90 Å². The first-order chi connectivity index (χ1) is 8.79. The van der Waals surface area contributed by atoms with Crippen molar-refractivity contribution in [1.29, 1.82) is 0 Å². The maximum atomic E-state index is 8.87. The molecular formula is C16H29NO. The van der Waals surface area contributed by atoms with Crippen LogP contribution in [0.1, 0.15) is 44.4 Å². The Morgan fingerprint density at radius 2 is 1.78 bits per heavy atom. The fourth-order valence-electron chi connectivity index (χ4n) is 2.07. The van der Waals surface area contributed by atoms with Crippen LogP contribution in [-0.2, 0) is 13.0 Å². The fraction of sp³-hybridized carbons (Fsp3) is 0.625. The number of β-amino-alcohol motifs (C(OH)–C–C–N with tert-alkyl or cyclic N) is 1. The van der Waals surface area contributed by atoms with E-state index in [2.05, 4.69) is 30.0 Å². The van der Waals surface area contributed by atoms with Crippen LogP contribution in [0.5, 0.6) is 0 Å². The van der Waals surface area contributed by atoms with Gasteiger partial charge in [-0.2, -0.15) is 0 Å². The minimum Gasteiger partial charge on any atom is -0.395 e. The summed E-state index contributed by atoms with van der Waals surface area (Å²) in [5.41, 5.74) is 4.26. The fourth-order valence-corrected chi connectivity index (χ4v) is 2.07. The van der Waals surface area contributed by atoms with Crippen molar-refractivity contribution >= 4 is 0 Å². The van der Waals surface area contributed by atoms with E-state index in [1.54, 1.807) is 0 Å². The molecule has 0 radical (unpaired) electrons. The Balaban J connectivity index is 0.000000659. The van der Waals surface area contributed by atoms with Gasteiger partial charge in [0.25, 0.3) is 0 Å². The first-order valence-corrected chi connectivity index (χ1v) is 7.21. The van der Waals surface area contributed by atoms with Gasteiger partial charge in [-0.3, -0.25) is 4.90 Å². The molecule has 1 heterocycles. The zero-order valence-corrected chi connectivity index (χ0v) is 12.7. The number of fused-ring (bicyclic) bond motifs is 1. The third-order valence-electron chi connectivity index (χ3n) is 2.87. The molecule has 1 aromatic rings. The van der Waals surface area contributed by atoms with E-state index >= 15 is 0 Å². The lowest BCUT2D eigenvalue weighted by Gasteiger charge is -2.28. The second-order valence-electron chi connectivity index (χ2n) is 4.02. The zero-order chi connectivity index (χ0) is 14.0. The summed E-state index contributed by atoms with van der Waals surface area (Å²) in [6.07, 6.45) is 1.12. The van der Waals surface area contributed by atoms with Gasteiger partial charge in [0.15, 0.2) is 0 Å². The van der Waals surface area contributed by atoms with Crippen LogP contribution in [0.15, 0.2) is 18.2 Å². The van der Waals surface area contributed by atoms with E-state index in [1.165, 1.54) is 16.7 Å². The lowest BCUT2D eigenvalue weighted by Crippen LogP contribution is -2.32. The maximum absolute atomic E-state index is 8.87. The molecule has 1 aliphatic rings. The average molecular weight is 251 g/mol. The van der Waals surface area contributed by atoms with Crippen molar-refractivity contribution in [2.24, 2.45) is 0 Å². The van der Waals surface area contributed by atoms with Gasteiger partial charge in [-0.1, -0.05) is 51.5 Å². The van der Waals surface area contributed by atoms with Crippen LogP contribution in [0.2, 0.25) is 0 Å². The largest absolute Gasteiger partial charge is 0.395 e. The summed E-state index contributed by atoms with van der Waals surface area (Å²) in [4.78, 5) is 2.30. The summed E-state index contributed by atoms with van der Waals surface area (Å²) < 4.78 is 0. The molecule has 104 valence electrons. The Kier molecular flexibility index (Phi) is 9.62. The Morgan fingerprint density at radius 3 is 2.39 bits per heavy atom. The van der Waals surface area contributed by atoms with E-state index in [0.29, 0.717) is 0 Å². The predicted molar refractivity (Wildman–Crippen MR) is 79.9 cm³/mol. The molecule has 2 heteroatoms. The molecule has 0 aliphatic carbocycles. The van der Waals surface area contributed by atoms with Crippen molar-refractivity contribution in [3.8, 4) is 0 Å². The average Bonchev–Trinajstić information content (AvgIpc) is 2.44. The molecule has 0 aromatic heterocycles. The Hall–Kier alpha value is -0.860. The smallest absolute Gasteiger partial charge is 0.0558 e. The minimum absolute atomic E-state index is 0.265. The molecule has 0 bridgehead atoms. The van der Waals surface area contributed by atoms with E-state index in [4.69, 9.17) is 5.11 Å². The first-order valence-electron chi connectivity index (χ1n) is 7.21. The highest BCUT2D eigenvalue weighted by atomic mass is 16.3. The maximum Gasteiger partial charge on any atom is 0.0558 e. The highest BCUT2D eigenvalue weighted by Crippen LogP contribution is 2.19. The second kappa shape index (κ2) is 10.1. The van der Waals surface area contributed by atoms with Gasteiger partial charge in [-0.25, -0.2) is 0 Å². The van der Waals surface area contributed by atoms with Crippen LogP contribution < -0.4 is 0 Å². The number of aliphatic hydroxyl groups is 1. The Bertz CT molecular complexity index is 323. The molecule has 18 heavy (non-hydrogen) atoms. The molecule has 2 rings (SSSR count). The Morgan fingerprint density at radius 1 is 1.11 bits per heavy atom. The molecule has 0 amide bonds. The van der Waals surface area contributed by atoms with Gasteiger partial charge in [0.1, 0.15) is 0 Å². The van der Waals surface area contributed by atoms with Crippen molar-refractivity contribution in [2.45, 2.75) is 47.6 Å². The van der Waals surface area contributed by atoms with Crippen molar-refractivity contribution in [3.63, 3.8) is 0 Å². The summed E-state index contributed by atoms with van der Waals surface area (Å²) in [5, 5.41) is 8.87. The summed E-state index contributed by atoms with van der Waals surface area (Å²) in [7, 11) is 0. The summed E-state index contributed by atoms with van der Waals surface area (Å²) in [6, 6.07) is 6.67. The van der Waals surface area contributed by atoms with Crippen LogP contribution in [0.25, 0.3) is 0 Å². The Labute approximate surface area is 113 Å². The quantitative estimate of drug-likeness (QED) is 0.871. The number of hydrogen-bond acceptors (Lipinski definition) is 2. The van der Waals surface area contributed by atoms with E-state index in [1.807, 2.05) is 27.7 Å². The summed E-state index contributed by atoms with van der Waals surface area (Å²) in [5.74, 6) is 0. The van der Waals surface area contributed by atoms with Crippen molar-refractivity contribution < 1.29 is 5.11 Å². The van der Waals surface area contributed by atoms with E-state index in [-0.39, 0.29) is 6.61 Å². The predicted octanol–water partition coefficient (Wildman–Crippen LogP) is 3.40. The molecule has 1 aromatic carbocycles. The molecule has 2 nitrogen and oxygen atoms in total. The summed E-state index contributed by atoms with van der Waals surface area (Å²) in [6.45, 7) is 13.3. The molecular weight excluding hydrogens is 222 g/mol. The van der Waals surface area contributed by atoms with Crippen molar-refractivity contribution in [2.75, 3.05) is 19.7 Å². The number of benzene rings is 1. The van der Waals surface area contributed by atoms with Gasteiger partial charge in [0.2, 0.25) is 0 Å². The summed E-state index contributed by atoms with van der Waals surface area (Å²) >= 11 is 0. The van der Waals surface area contributed by atoms with E-state index in [9.17, 15) is 0 Å². The number of aryl methyl sites for hydroxylation is 1. The van der Waals surface area contributed by atoms with Crippen LogP contribution in [0.3, 0.4) is 0 Å². The number of nitrogens with zero attached hydrogens (tertiary/aromatic N) is 1. The zero-order valence-electron chi connectivity index (χ0n) is 12.7. The third-order valence-corrected chi connectivity index (χ3v) is 2.87. The second-order valence-corrected chi connectivity index (χ2v) is 4.02. The van der Waals surface area contributed by atoms with Gasteiger partial charge in [0, 0.05) is 19.6 Å². The molecule has 0 atom stereocenters. The molecule has 1 N–H and O–H groups in total. The molecule has 0 saturated carbocycles. The van der Waals surface area contributed by atoms with Crippen LogP contribution in [0, 0.1) is 6.92 Å². The number of hydrogen-bond donors (Lipinski definition) is 1. The van der Waals surface area contributed by atoms with Gasteiger partial charge in [-0.05, 0) is 24.5 Å². The monoisotopic (exact) mass is 251 g/mol. The van der Waals surface area contributed by atoms with Gasteiger partial charge >= 0.3 is 0 Å². The molecule has 0 unspecified atom stereocenters. The van der Waals surface area contributed by atoms with Crippen LogP contribution in [0.4, 0.5) is 0 Å². The molecule has 1 aliphatic heterocycles. The van der Waals surface area contributed by atoms with Gasteiger partial charge in [-0.15, -0.1) is 0 Å². The number of aliphatic hydroxyl groups excluding tert-OH is 1. The highest BCUT2D eigenvalue weighted by Gasteiger charge is 2.14. The van der Waals surface area contributed by atoms with Gasteiger partial charge in [0.05, 0.1) is 6.61 Å². The molecule has 0 saturated heterocycles. The van der Waals surface area contributed by atoms with Crippen LogP contribution >= 0.6 is 0 Å².